The second-order valence-electron chi connectivity index (χ2n) is 6.08. The highest BCUT2D eigenvalue weighted by Gasteiger charge is 2.35. The van der Waals surface area contributed by atoms with E-state index in [1.54, 1.807) is 0 Å². The van der Waals surface area contributed by atoms with E-state index >= 15 is 0 Å². The normalized spacial score (nSPS) is 22.0. The van der Waals surface area contributed by atoms with Crippen molar-refractivity contribution in [1.29, 1.82) is 0 Å². The molecule has 0 aromatic heterocycles. The van der Waals surface area contributed by atoms with Gasteiger partial charge in [-0.2, -0.15) is 0 Å². The third kappa shape index (κ3) is 3.76. The Morgan fingerprint density at radius 2 is 1.60 bits per heavy atom. The molecule has 0 radical (unpaired) electrons. The highest BCUT2D eigenvalue weighted by molar-refractivity contribution is 4.91. The average Bonchev–Trinajstić information content (AvgIpc) is 2.15. The average molecular weight is 213 g/mol. The van der Waals surface area contributed by atoms with Gasteiger partial charge in [-0.15, -0.1) is 0 Å². The highest BCUT2D eigenvalue weighted by atomic mass is 16.5. The van der Waals surface area contributed by atoms with Crippen LogP contribution in [-0.4, -0.2) is 36.7 Å². The van der Waals surface area contributed by atoms with Crippen LogP contribution >= 0.6 is 0 Å². The highest BCUT2D eigenvalue weighted by Crippen LogP contribution is 2.33. The standard InChI is InChI=1S/C13H27NO/c1-12(2,3)15-11-13(14(4)5)9-7-6-8-10-13/h6-11H2,1-5H3. The fraction of sp³-hybridized carbons (Fsp3) is 1.00. The van der Waals surface area contributed by atoms with Crippen molar-refractivity contribution in [2.45, 2.75) is 64.0 Å². The monoisotopic (exact) mass is 213 g/mol. The topological polar surface area (TPSA) is 12.5 Å². The van der Waals surface area contributed by atoms with Gasteiger partial charge in [-0.25, -0.2) is 0 Å². The zero-order valence-electron chi connectivity index (χ0n) is 11.1. The molecule has 2 nitrogen and oxygen atoms in total. The smallest absolute Gasteiger partial charge is 0.0657 e. The molecule has 0 bridgehead atoms. The van der Waals surface area contributed by atoms with Crippen molar-refractivity contribution < 1.29 is 4.74 Å². The van der Waals surface area contributed by atoms with Crippen LogP contribution in [0.5, 0.6) is 0 Å². The minimum Gasteiger partial charge on any atom is -0.374 e. The van der Waals surface area contributed by atoms with Gasteiger partial charge in [0.1, 0.15) is 0 Å². The zero-order chi connectivity index (χ0) is 11.5. The second kappa shape index (κ2) is 4.84. The molecule has 1 rings (SSSR count). The number of likely N-dealkylation sites (N-methyl/N-ethyl adjacent to an activating group) is 1. The van der Waals surface area contributed by atoms with Crippen molar-refractivity contribution in [2.24, 2.45) is 0 Å². The van der Waals surface area contributed by atoms with Crippen molar-refractivity contribution in [3.63, 3.8) is 0 Å². The summed E-state index contributed by atoms with van der Waals surface area (Å²) in [6.07, 6.45) is 6.68. The molecule has 0 aliphatic heterocycles. The van der Waals surface area contributed by atoms with Gasteiger partial charge >= 0.3 is 0 Å². The molecule has 0 unspecified atom stereocenters. The van der Waals surface area contributed by atoms with E-state index in [1.807, 2.05) is 0 Å². The largest absolute Gasteiger partial charge is 0.374 e. The van der Waals surface area contributed by atoms with Crippen LogP contribution in [0.1, 0.15) is 52.9 Å². The number of nitrogens with zero attached hydrogens (tertiary/aromatic N) is 1. The van der Waals surface area contributed by atoms with Crippen LogP contribution in [0.3, 0.4) is 0 Å². The van der Waals surface area contributed by atoms with Gasteiger partial charge in [0, 0.05) is 5.54 Å². The Morgan fingerprint density at radius 1 is 1.07 bits per heavy atom. The molecule has 1 fully saturated rings. The first-order chi connectivity index (χ1) is 6.86. The number of ether oxygens (including phenoxy) is 1. The van der Waals surface area contributed by atoms with Gasteiger partial charge in [-0.3, -0.25) is 0 Å². The van der Waals surface area contributed by atoms with Crippen LogP contribution in [0.25, 0.3) is 0 Å². The van der Waals surface area contributed by atoms with Gasteiger partial charge < -0.3 is 9.64 Å². The maximum Gasteiger partial charge on any atom is 0.0657 e. The molecule has 0 aromatic carbocycles. The van der Waals surface area contributed by atoms with Crippen molar-refractivity contribution in [3.8, 4) is 0 Å². The lowest BCUT2D eigenvalue weighted by molar-refractivity contribution is -0.0735. The molecular weight excluding hydrogens is 186 g/mol. The van der Waals surface area contributed by atoms with E-state index in [0.717, 1.165) is 6.61 Å². The Morgan fingerprint density at radius 3 is 2.00 bits per heavy atom. The lowest BCUT2D eigenvalue weighted by Crippen LogP contribution is -2.50. The number of hydrogen-bond donors (Lipinski definition) is 0. The van der Waals surface area contributed by atoms with Gasteiger partial charge in [-0.1, -0.05) is 19.3 Å². The Labute approximate surface area is 95.0 Å². The molecule has 0 saturated heterocycles. The van der Waals surface area contributed by atoms with Crippen molar-refractivity contribution in [1.82, 2.24) is 4.90 Å². The summed E-state index contributed by atoms with van der Waals surface area (Å²) in [5.74, 6) is 0. The van der Waals surface area contributed by atoms with Gasteiger partial charge in [-0.05, 0) is 47.7 Å². The summed E-state index contributed by atoms with van der Waals surface area (Å²) < 4.78 is 5.99. The summed E-state index contributed by atoms with van der Waals surface area (Å²) in [4.78, 5) is 2.37. The third-order valence-corrected chi connectivity index (χ3v) is 3.51. The van der Waals surface area contributed by atoms with Crippen LogP contribution in [-0.2, 0) is 4.74 Å². The Kier molecular flexibility index (Phi) is 4.19. The predicted octanol–water partition coefficient (Wildman–Crippen LogP) is 3.07. The molecule has 0 aromatic rings. The van der Waals surface area contributed by atoms with Crippen LogP contribution in [0, 0.1) is 0 Å². The van der Waals surface area contributed by atoms with E-state index in [9.17, 15) is 0 Å². The second-order valence-corrected chi connectivity index (χ2v) is 6.08. The Bertz CT molecular complexity index is 187. The van der Waals surface area contributed by atoms with Gasteiger partial charge in [0.15, 0.2) is 0 Å². The summed E-state index contributed by atoms with van der Waals surface area (Å²) in [5, 5.41) is 0. The molecular formula is C13H27NO. The SMILES string of the molecule is CN(C)C1(COC(C)(C)C)CCCCC1. The molecule has 0 atom stereocenters. The summed E-state index contributed by atoms with van der Waals surface area (Å²) >= 11 is 0. The van der Waals surface area contributed by atoms with E-state index in [2.05, 4.69) is 39.8 Å². The third-order valence-electron chi connectivity index (χ3n) is 3.51. The summed E-state index contributed by atoms with van der Waals surface area (Å²) in [6, 6.07) is 0. The molecule has 1 aliphatic carbocycles. The van der Waals surface area contributed by atoms with Crippen molar-refractivity contribution in [2.75, 3.05) is 20.7 Å². The zero-order valence-corrected chi connectivity index (χ0v) is 11.1. The lowest BCUT2D eigenvalue weighted by Gasteiger charge is -2.44. The number of rotatable bonds is 3. The summed E-state index contributed by atoms with van der Waals surface area (Å²) in [6.45, 7) is 7.29. The van der Waals surface area contributed by atoms with E-state index in [0.29, 0.717) is 5.54 Å². The van der Waals surface area contributed by atoms with Crippen molar-refractivity contribution >= 4 is 0 Å². The van der Waals surface area contributed by atoms with Crippen LogP contribution < -0.4 is 0 Å². The molecule has 15 heavy (non-hydrogen) atoms. The van der Waals surface area contributed by atoms with Crippen LogP contribution in [0.4, 0.5) is 0 Å². The molecule has 0 heterocycles. The molecule has 1 aliphatic rings. The minimum absolute atomic E-state index is 0.0134. The van der Waals surface area contributed by atoms with Crippen LogP contribution in [0.15, 0.2) is 0 Å². The van der Waals surface area contributed by atoms with Crippen molar-refractivity contribution in [3.05, 3.63) is 0 Å². The quantitative estimate of drug-likeness (QED) is 0.714. The van der Waals surface area contributed by atoms with Gasteiger partial charge in [0.05, 0.1) is 12.2 Å². The van der Waals surface area contributed by atoms with E-state index in [-0.39, 0.29) is 5.60 Å². The molecule has 90 valence electrons. The van der Waals surface area contributed by atoms with E-state index in [1.165, 1.54) is 32.1 Å². The molecule has 2 heteroatoms. The molecule has 0 amide bonds. The summed E-state index contributed by atoms with van der Waals surface area (Å²) in [7, 11) is 4.38. The van der Waals surface area contributed by atoms with Crippen LogP contribution in [0.2, 0.25) is 0 Å². The maximum atomic E-state index is 5.99. The molecule has 1 saturated carbocycles. The summed E-state index contributed by atoms with van der Waals surface area (Å²) in [5.41, 5.74) is 0.284. The number of hydrogen-bond acceptors (Lipinski definition) is 2. The van der Waals surface area contributed by atoms with E-state index in [4.69, 9.17) is 4.74 Å². The van der Waals surface area contributed by atoms with E-state index < -0.39 is 0 Å². The fourth-order valence-corrected chi connectivity index (χ4v) is 2.28. The molecule has 0 spiro atoms. The Balaban J connectivity index is 2.57. The lowest BCUT2D eigenvalue weighted by atomic mass is 9.81. The first-order valence-electron chi connectivity index (χ1n) is 6.17. The predicted molar refractivity (Wildman–Crippen MR) is 65.2 cm³/mol. The maximum absolute atomic E-state index is 5.99. The molecule has 0 N–H and O–H groups in total. The Hall–Kier alpha value is -0.0800. The minimum atomic E-state index is -0.0134. The first kappa shape index (κ1) is 13.0. The first-order valence-corrected chi connectivity index (χ1v) is 6.17. The van der Waals surface area contributed by atoms with Gasteiger partial charge in [0.25, 0.3) is 0 Å². The fourth-order valence-electron chi connectivity index (χ4n) is 2.28. The van der Waals surface area contributed by atoms with Gasteiger partial charge in [0.2, 0.25) is 0 Å².